The molecule has 0 aliphatic rings. The van der Waals surface area contributed by atoms with Crippen LogP contribution in [-0.4, -0.2) is 11.7 Å². The van der Waals surface area contributed by atoms with Gasteiger partial charge in [-0.15, -0.1) is 0 Å². The van der Waals surface area contributed by atoms with Gasteiger partial charge in [0.05, 0.1) is 11.3 Å². The van der Waals surface area contributed by atoms with Crippen molar-refractivity contribution in [1.82, 2.24) is 0 Å². The summed E-state index contributed by atoms with van der Waals surface area (Å²) in [6.07, 6.45) is 0.429. The van der Waals surface area contributed by atoms with Crippen molar-refractivity contribution in [3.63, 3.8) is 0 Å². The van der Waals surface area contributed by atoms with E-state index in [9.17, 15) is 14.0 Å². The number of carbonyl (C=O) groups excluding carboxylic acids is 2. The molecule has 116 valence electrons. The summed E-state index contributed by atoms with van der Waals surface area (Å²) in [4.78, 5) is 23.2. The molecule has 0 radical (unpaired) electrons. The Bertz CT molecular complexity index is 724. The second kappa shape index (κ2) is 6.75. The van der Waals surface area contributed by atoms with E-state index in [1.165, 1.54) is 25.1 Å². The van der Waals surface area contributed by atoms with Gasteiger partial charge in [-0.25, -0.2) is 4.39 Å². The molecule has 6 heteroatoms. The van der Waals surface area contributed by atoms with Crippen molar-refractivity contribution in [2.75, 3.05) is 5.32 Å². The summed E-state index contributed by atoms with van der Waals surface area (Å²) in [5, 5.41) is 2.80. The molecular formula is C16H15ClFNO3. The SMILES string of the molecule is CC(=O)c1cc(CCC(=O)Nc2cc(Cl)ccc2F)oc1C. The molecule has 0 saturated heterocycles. The molecule has 2 aromatic rings. The van der Waals surface area contributed by atoms with E-state index in [-0.39, 0.29) is 23.8 Å². The Balaban J connectivity index is 1.97. The molecule has 1 aromatic heterocycles. The number of hydrogen-bond donors (Lipinski definition) is 1. The van der Waals surface area contributed by atoms with Gasteiger partial charge in [0.15, 0.2) is 5.78 Å². The Kier molecular flexibility index (Phi) is 4.98. The number of halogens is 2. The van der Waals surface area contributed by atoms with Gasteiger partial charge in [-0.05, 0) is 38.1 Å². The highest BCUT2D eigenvalue weighted by Gasteiger charge is 2.13. The molecule has 1 heterocycles. The normalized spacial score (nSPS) is 10.5. The number of aryl methyl sites for hydroxylation is 2. The summed E-state index contributed by atoms with van der Waals surface area (Å²) in [6, 6.07) is 5.57. The highest BCUT2D eigenvalue weighted by molar-refractivity contribution is 6.30. The Morgan fingerprint density at radius 2 is 2.05 bits per heavy atom. The second-order valence-corrected chi connectivity index (χ2v) is 5.35. The second-order valence-electron chi connectivity index (χ2n) is 4.91. The van der Waals surface area contributed by atoms with E-state index in [4.69, 9.17) is 16.0 Å². The van der Waals surface area contributed by atoms with Gasteiger partial charge in [0.25, 0.3) is 0 Å². The topological polar surface area (TPSA) is 59.3 Å². The first kappa shape index (κ1) is 16.2. The molecule has 0 spiro atoms. The largest absolute Gasteiger partial charge is 0.466 e. The first-order valence-corrected chi connectivity index (χ1v) is 7.09. The maximum atomic E-state index is 13.5. The lowest BCUT2D eigenvalue weighted by atomic mass is 10.1. The highest BCUT2D eigenvalue weighted by Crippen LogP contribution is 2.20. The number of anilines is 1. The van der Waals surface area contributed by atoms with Gasteiger partial charge >= 0.3 is 0 Å². The summed E-state index contributed by atoms with van der Waals surface area (Å²) in [5.74, 6) is 0.0798. The van der Waals surface area contributed by atoms with Crippen molar-refractivity contribution in [3.8, 4) is 0 Å². The lowest BCUT2D eigenvalue weighted by Crippen LogP contribution is -2.13. The molecule has 0 saturated carbocycles. The van der Waals surface area contributed by atoms with Gasteiger partial charge in [-0.2, -0.15) is 0 Å². The third-order valence-electron chi connectivity index (χ3n) is 3.15. The molecule has 0 atom stereocenters. The fourth-order valence-corrected chi connectivity index (χ4v) is 2.23. The number of furan rings is 1. The van der Waals surface area contributed by atoms with Crippen molar-refractivity contribution in [2.45, 2.75) is 26.7 Å². The number of rotatable bonds is 5. The van der Waals surface area contributed by atoms with Gasteiger partial charge < -0.3 is 9.73 Å². The standard InChI is InChI=1S/C16H15ClFNO3/c1-9(20)13-8-12(22-10(13)2)4-6-16(21)19-15-7-11(17)3-5-14(15)18/h3,5,7-8H,4,6H2,1-2H3,(H,19,21). The minimum absolute atomic E-state index is 0.0394. The van der Waals surface area contributed by atoms with Crippen LogP contribution < -0.4 is 5.32 Å². The first-order valence-electron chi connectivity index (χ1n) is 6.72. The Morgan fingerprint density at radius 1 is 1.32 bits per heavy atom. The fraction of sp³-hybridized carbons (Fsp3) is 0.250. The van der Waals surface area contributed by atoms with E-state index in [0.29, 0.717) is 28.5 Å². The van der Waals surface area contributed by atoms with Gasteiger partial charge in [-0.3, -0.25) is 9.59 Å². The van der Waals surface area contributed by atoms with Gasteiger partial charge in [0, 0.05) is 17.9 Å². The van der Waals surface area contributed by atoms with Crippen molar-refractivity contribution >= 4 is 29.0 Å². The molecule has 1 N–H and O–H groups in total. The van der Waals surface area contributed by atoms with Crippen LogP contribution in [0.15, 0.2) is 28.7 Å². The maximum Gasteiger partial charge on any atom is 0.224 e. The number of amides is 1. The molecule has 1 amide bonds. The fourth-order valence-electron chi connectivity index (χ4n) is 2.06. The lowest BCUT2D eigenvalue weighted by Gasteiger charge is -2.06. The molecule has 0 unspecified atom stereocenters. The average Bonchev–Trinajstić information content (AvgIpc) is 2.82. The zero-order valence-corrected chi connectivity index (χ0v) is 13.0. The zero-order chi connectivity index (χ0) is 16.3. The van der Waals surface area contributed by atoms with Crippen LogP contribution in [-0.2, 0) is 11.2 Å². The van der Waals surface area contributed by atoms with Crippen molar-refractivity contribution < 1.29 is 18.4 Å². The van der Waals surface area contributed by atoms with Gasteiger partial charge in [-0.1, -0.05) is 11.6 Å². The molecule has 22 heavy (non-hydrogen) atoms. The monoisotopic (exact) mass is 323 g/mol. The summed E-state index contributed by atoms with van der Waals surface area (Å²) >= 11 is 5.76. The zero-order valence-electron chi connectivity index (χ0n) is 12.2. The number of ketones is 1. The summed E-state index contributed by atoms with van der Waals surface area (Å²) in [6.45, 7) is 3.15. The van der Waals surface area contributed by atoms with Crippen LogP contribution in [0.25, 0.3) is 0 Å². The molecule has 0 aliphatic heterocycles. The summed E-state index contributed by atoms with van der Waals surface area (Å²) in [5.41, 5.74) is 0.550. The Labute approximate surface area is 132 Å². The van der Waals surface area contributed by atoms with Crippen LogP contribution in [0.2, 0.25) is 5.02 Å². The van der Waals surface area contributed by atoms with E-state index >= 15 is 0 Å². The third kappa shape index (κ3) is 3.95. The molecule has 0 bridgehead atoms. The third-order valence-corrected chi connectivity index (χ3v) is 3.38. The summed E-state index contributed by atoms with van der Waals surface area (Å²) in [7, 11) is 0. The van der Waals surface area contributed by atoms with Crippen molar-refractivity contribution in [1.29, 1.82) is 0 Å². The van der Waals surface area contributed by atoms with Crippen molar-refractivity contribution in [2.24, 2.45) is 0 Å². The van der Waals surface area contributed by atoms with E-state index in [0.717, 1.165) is 0 Å². The predicted octanol–water partition coefficient (Wildman–Crippen LogP) is 4.15. The number of carbonyl (C=O) groups is 2. The average molecular weight is 324 g/mol. The van der Waals surface area contributed by atoms with Crippen LogP contribution in [0, 0.1) is 12.7 Å². The van der Waals surface area contributed by atoms with E-state index in [2.05, 4.69) is 5.32 Å². The van der Waals surface area contributed by atoms with E-state index < -0.39 is 5.82 Å². The van der Waals surface area contributed by atoms with Crippen LogP contribution >= 0.6 is 11.6 Å². The molecule has 4 nitrogen and oxygen atoms in total. The van der Waals surface area contributed by atoms with Crippen LogP contribution in [0.4, 0.5) is 10.1 Å². The maximum absolute atomic E-state index is 13.5. The lowest BCUT2D eigenvalue weighted by molar-refractivity contribution is -0.116. The van der Waals surface area contributed by atoms with Crippen molar-refractivity contribution in [3.05, 3.63) is 52.2 Å². The number of nitrogens with one attached hydrogen (secondary N) is 1. The van der Waals surface area contributed by atoms with Gasteiger partial charge in [0.1, 0.15) is 17.3 Å². The van der Waals surface area contributed by atoms with Crippen LogP contribution in [0.5, 0.6) is 0 Å². The van der Waals surface area contributed by atoms with Crippen LogP contribution in [0.3, 0.4) is 0 Å². The van der Waals surface area contributed by atoms with Gasteiger partial charge in [0.2, 0.25) is 5.91 Å². The predicted molar refractivity (Wildman–Crippen MR) is 81.8 cm³/mol. The molecule has 1 aromatic carbocycles. The number of hydrogen-bond acceptors (Lipinski definition) is 3. The Hall–Kier alpha value is -2.14. The molecular weight excluding hydrogens is 309 g/mol. The molecule has 0 aliphatic carbocycles. The smallest absolute Gasteiger partial charge is 0.224 e. The number of benzene rings is 1. The highest BCUT2D eigenvalue weighted by atomic mass is 35.5. The van der Waals surface area contributed by atoms with E-state index in [1.54, 1.807) is 13.0 Å². The van der Waals surface area contributed by atoms with E-state index in [1.807, 2.05) is 0 Å². The van der Waals surface area contributed by atoms with Crippen LogP contribution in [0.1, 0.15) is 35.2 Å². The minimum atomic E-state index is -0.551. The molecule has 0 fully saturated rings. The quantitative estimate of drug-likeness (QED) is 0.841. The minimum Gasteiger partial charge on any atom is -0.466 e. The first-order chi connectivity index (χ1) is 10.4. The number of Topliss-reactive ketones (excluding diaryl/α,β-unsaturated/α-hetero) is 1. The Morgan fingerprint density at radius 3 is 2.68 bits per heavy atom. The molecule has 2 rings (SSSR count). The summed E-state index contributed by atoms with van der Waals surface area (Å²) < 4.78 is 18.9.